The predicted molar refractivity (Wildman–Crippen MR) is 104 cm³/mol. The third kappa shape index (κ3) is 3.77. The van der Waals surface area contributed by atoms with Gasteiger partial charge in [-0.25, -0.2) is 18.2 Å². The molecule has 0 N–H and O–H groups in total. The van der Waals surface area contributed by atoms with Crippen molar-refractivity contribution in [2.45, 2.75) is 70.5 Å². The molecule has 1 fully saturated rings. The number of aromatic nitrogens is 1. The summed E-state index contributed by atoms with van der Waals surface area (Å²) in [5, 5.41) is 0. The first-order valence-electron chi connectivity index (χ1n) is 9.42. The number of carbonyl (C=O) groups is 1. The molecular formula is C19H29N3O4S. The number of rotatable bonds is 2. The Bertz CT molecular complexity index is 860. The molecule has 3 rings (SSSR count). The lowest BCUT2D eigenvalue weighted by atomic mass is 10.1. The van der Waals surface area contributed by atoms with Crippen LogP contribution in [0.1, 0.15) is 45.9 Å². The number of fused-ring (bicyclic) bond motifs is 3. The van der Waals surface area contributed by atoms with Crippen molar-refractivity contribution in [2.75, 3.05) is 23.7 Å². The summed E-state index contributed by atoms with van der Waals surface area (Å²) >= 11 is 0. The normalized spacial score (nSPS) is 22.4. The van der Waals surface area contributed by atoms with Crippen LogP contribution in [0, 0.1) is 6.92 Å². The third-order valence-corrected chi connectivity index (χ3v) is 6.92. The molecular weight excluding hydrogens is 366 g/mol. The van der Waals surface area contributed by atoms with Crippen molar-refractivity contribution in [1.82, 2.24) is 9.88 Å². The zero-order chi connectivity index (χ0) is 20.1. The maximum atomic E-state index is 12.5. The molecule has 7 nitrogen and oxygen atoms in total. The van der Waals surface area contributed by atoms with Gasteiger partial charge in [-0.2, -0.15) is 0 Å². The molecule has 1 saturated heterocycles. The number of hydrogen-bond donors (Lipinski definition) is 0. The highest BCUT2D eigenvalue weighted by atomic mass is 32.2. The maximum absolute atomic E-state index is 12.5. The summed E-state index contributed by atoms with van der Waals surface area (Å²) in [6, 6.07) is 1.94. The van der Waals surface area contributed by atoms with E-state index in [2.05, 4.69) is 16.8 Å². The van der Waals surface area contributed by atoms with Crippen molar-refractivity contribution in [2.24, 2.45) is 0 Å². The number of sulfone groups is 1. The van der Waals surface area contributed by atoms with Crippen LogP contribution >= 0.6 is 0 Å². The predicted octanol–water partition coefficient (Wildman–Crippen LogP) is 2.55. The van der Waals surface area contributed by atoms with Gasteiger partial charge < -0.3 is 14.5 Å². The molecule has 1 aromatic rings. The molecule has 2 aliphatic heterocycles. The Kier molecular flexibility index (Phi) is 4.91. The fraction of sp³-hybridized carbons (Fsp3) is 0.684. The van der Waals surface area contributed by atoms with Crippen LogP contribution in [0.15, 0.2) is 11.0 Å². The van der Waals surface area contributed by atoms with E-state index < -0.39 is 15.4 Å². The standard InChI is InChI=1S/C19H29N3O4S/c1-7-27(24,25)16-9-14-8-15-11-21(18(23)26-19(4,5)6)10-12(2)22(15)17(14)20-13(16)3/h9,12,15H,7-8,10-11H2,1-6H3/t12-,15-/m1/s1. The lowest BCUT2D eigenvalue weighted by molar-refractivity contribution is 0.0191. The van der Waals surface area contributed by atoms with Gasteiger partial charge in [0.1, 0.15) is 11.4 Å². The second-order valence-corrected chi connectivity index (χ2v) is 10.7. The smallest absolute Gasteiger partial charge is 0.410 e. The number of pyridine rings is 1. The Morgan fingerprint density at radius 2 is 2.00 bits per heavy atom. The van der Waals surface area contributed by atoms with Crippen molar-refractivity contribution < 1.29 is 17.9 Å². The number of anilines is 1. The van der Waals surface area contributed by atoms with Crippen molar-refractivity contribution in [3.8, 4) is 0 Å². The number of nitrogens with zero attached hydrogens (tertiary/aromatic N) is 3. The van der Waals surface area contributed by atoms with Crippen LogP contribution < -0.4 is 4.90 Å². The molecule has 27 heavy (non-hydrogen) atoms. The van der Waals surface area contributed by atoms with Gasteiger partial charge in [-0.15, -0.1) is 0 Å². The van der Waals surface area contributed by atoms with Gasteiger partial charge in [-0.05, 0) is 52.7 Å². The van der Waals surface area contributed by atoms with Crippen molar-refractivity contribution in [3.63, 3.8) is 0 Å². The first-order chi connectivity index (χ1) is 12.4. The fourth-order valence-corrected chi connectivity index (χ4v) is 5.04. The molecule has 0 bridgehead atoms. The number of hydrogen-bond acceptors (Lipinski definition) is 6. The molecule has 2 aliphatic rings. The summed E-state index contributed by atoms with van der Waals surface area (Å²) in [7, 11) is -3.31. The zero-order valence-electron chi connectivity index (χ0n) is 16.9. The molecule has 0 saturated carbocycles. The quantitative estimate of drug-likeness (QED) is 0.766. The number of carbonyl (C=O) groups excluding carboxylic acids is 1. The highest BCUT2D eigenvalue weighted by molar-refractivity contribution is 7.91. The van der Waals surface area contributed by atoms with Gasteiger partial charge in [-0.1, -0.05) is 6.92 Å². The first kappa shape index (κ1) is 19.9. The topological polar surface area (TPSA) is 79.8 Å². The Labute approximate surface area is 161 Å². The van der Waals surface area contributed by atoms with E-state index >= 15 is 0 Å². The second kappa shape index (κ2) is 6.65. The molecule has 0 spiro atoms. The summed E-state index contributed by atoms with van der Waals surface area (Å²) in [6.07, 6.45) is 0.377. The van der Waals surface area contributed by atoms with E-state index in [9.17, 15) is 13.2 Å². The van der Waals surface area contributed by atoms with Crippen LogP contribution in [-0.2, 0) is 21.0 Å². The Morgan fingerprint density at radius 3 is 2.59 bits per heavy atom. The summed E-state index contributed by atoms with van der Waals surface area (Å²) in [5.41, 5.74) is 0.951. The minimum Gasteiger partial charge on any atom is -0.444 e. The van der Waals surface area contributed by atoms with Gasteiger partial charge in [0, 0.05) is 19.1 Å². The van der Waals surface area contributed by atoms with E-state index in [1.54, 1.807) is 24.8 Å². The van der Waals surface area contributed by atoms with E-state index in [0.29, 0.717) is 30.1 Å². The Balaban J connectivity index is 1.87. The average Bonchev–Trinajstić information content (AvgIpc) is 2.90. The van der Waals surface area contributed by atoms with E-state index in [4.69, 9.17) is 4.74 Å². The third-order valence-electron chi connectivity index (χ3n) is 5.07. The summed E-state index contributed by atoms with van der Waals surface area (Å²) < 4.78 is 30.2. The summed E-state index contributed by atoms with van der Waals surface area (Å²) in [4.78, 5) is 21.4. The molecule has 1 amide bonds. The van der Waals surface area contributed by atoms with Crippen LogP contribution in [0.4, 0.5) is 10.6 Å². The van der Waals surface area contributed by atoms with Crippen LogP contribution in [0.2, 0.25) is 0 Å². The fourth-order valence-electron chi connectivity index (χ4n) is 3.91. The highest BCUT2D eigenvalue weighted by Gasteiger charge is 2.42. The SMILES string of the molecule is CCS(=O)(=O)c1cc2c(nc1C)N1[C@H](C2)CN(C(=O)OC(C)(C)C)C[C@H]1C. The molecule has 0 aromatic carbocycles. The average molecular weight is 396 g/mol. The van der Waals surface area contributed by atoms with Crippen LogP contribution in [0.5, 0.6) is 0 Å². The lowest BCUT2D eigenvalue weighted by Crippen LogP contribution is -2.58. The van der Waals surface area contributed by atoms with Crippen LogP contribution in [-0.4, -0.2) is 60.9 Å². The van der Waals surface area contributed by atoms with E-state index in [1.807, 2.05) is 20.8 Å². The molecule has 3 heterocycles. The van der Waals surface area contributed by atoms with Gasteiger partial charge in [0.25, 0.3) is 0 Å². The second-order valence-electron chi connectivity index (χ2n) is 8.46. The lowest BCUT2D eigenvalue weighted by Gasteiger charge is -2.43. The largest absolute Gasteiger partial charge is 0.444 e. The molecule has 0 aliphatic carbocycles. The van der Waals surface area contributed by atoms with Gasteiger partial charge >= 0.3 is 6.09 Å². The monoisotopic (exact) mass is 395 g/mol. The molecule has 1 aromatic heterocycles. The van der Waals surface area contributed by atoms with E-state index in [1.165, 1.54) is 0 Å². The summed E-state index contributed by atoms with van der Waals surface area (Å²) in [5.74, 6) is 0.911. The minimum absolute atomic E-state index is 0.0598. The zero-order valence-corrected chi connectivity index (χ0v) is 17.8. The Morgan fingerprint density at radius 1 is 1.33 bits per heavy atom. The molecule has 0 radical (unpaired) electrons. The number of ether oxygens (including phenoxy) is 1. The van der Waals surface area contributed by atoms with Crippen LogP contribution in [0.3, 0.4) is 0 Å². The minimum atomic E-state index is -3.31. The van der Waals surface area contributed by atoms with Crippen molar-refractivity contribution in [1.29, 1.82) is 0 Å². The van der Waals surface area contributed by atoms with E-state index in [0.717, 1.165) is 11.4 Å². The Hall–Kier alpha value is -1.83. The number of aryl methyl sites for hydroxylation is 1. The first-order valence-corrected chi connectivity index (χ1v) is 11.1. The van der Waals surface area contributed by atoms with Gasteiger partial charge in [0.05, 0.1) is 22.4 Å². The highest BCUT2D eigenvalue weighted by Crippen LogP contribution is 2.37. The van der Waals surface area contributed by atoms with Crippen LogP contribution in [0.25, 0.3) is 0 Å². The molecule has 0 unspecified atom stereocenters. The van der Waals surface area contributed by atoms with Crippen molar-refractivity contribution in [3.05, 3.63) is 17.3 Å². The number of amides is 1. The molecule has 8 heteroatoms. The molecule has 150 valence electrons. The maximum Gasteiger partial charge on any atom is 0.410 e. The summed E-state index contributed by atoms with van der Waals surface area (Å²) in [6.45, 7) is 12.1. The molecule has 2 atom stereocenters. The van der Waals surface area contributed by atoms with Gasteiger partial charge in [0.2, 0.25) is 0 Å². The van der Waals surface area contributed by atoms with Gasteiger partial charge in [-0.3, -0.25) is 0 Å². The van der Waals surface area contributed by atoms with Crippen molar-refractivity contribution >= 4 is 21.7 Å². The van der Waals surface area contributed by atoms with E-state index in [-0.39, 0.29) is 23.9 Å². The number of piperazine rings is 1. The van der Waals surface area contributed by atoms with Gasteiger partial charge in [0.15, 0.2) is 9.84 Å².